The standard InChI is InChI=1S/C13H12F3NO2/c1-2-3-4-5-8-6-10(18)19-9-7-17-12(11(8)9)13(14,15)16/h2,6H,1,3-5,7H2. The van der Waals surface area contributed by atoms with Gasteiger partial charge in [-0.15, -0.1) is 6.58 Å². The van der Waals surface area contributed by atoms with Crippen LogP contribution >= 0.6 is 0 Å². The van der Waals surface area contributed by atoms with Crippen LogP contribution in [0.25, 0.3) is 0 Å². The average molecular weight is 271 g/mol. The maximum Gasteiger partial charge on any atom is 0.433 e. The van der Waals surface area contributed by atoms with E-state index in [-0.39, 0.29) is 17.9 Å². The molecule has 0 aliphatic carbocycles. The molecule has 3 nitrogen and oxygen atoms in total. The van der Waals surface area contributed by atoms with E-state index in [1.54, 1.807) is 6.08 Å². The fraction of sp³-hybridized carbons (Fsp3) is 0.385. The lowest BCUT2D eigenvalue weighted by Crippen LogP contribution is -2.24. The van der Waals surface area contributed by atoms with E-state index in [9.17, 15) is 18.0 Å². The molecule has 2 rings (SSSR count). The zero-order valence-electron chi connectivity index (χ0n) is 10.1. The lowest BCUT2D eigenvalue weighted by atomic mass is 9.99. The van der Waals surface area contributed by atoms with Crippen LogP contribution in [0.5, 0.6) is 0 Å². The number of halogens is 3. The molecule has 0 N–H and O–H groups in total. The SMILES string of the molecule is C=CCCCc1cc(=O)oc2c1C(C(F)(F)F)=NC2. The third-order valence-corrected chi connectivity index (χ3v) is 2.86. The molecule has 0 atom stereocenters. The number of alkyl halides is 3. The molecule has 1 aromatic heterocycles. The Morgan fingerprint density at radius 2 is 2.21 bits per heavy atom. The smallest absolute Gasteiger partial charge is 0.425 e. The van der Waals surface area contributed by atoms with Gasteiger partial charge in [0, 0.05) is 11.6 Å². The molecule has 0 radical (unpaired) electrons. The molecule has 1 aliphatic rings. The first kappa shape index (κ1) is 13.6. The summed E-state index contributed by atoms with van der Waals surface area (Å²) >= 11 is 0. The van der Waals surface area contributed by atoms with Gasteiger partial charge in [-0.05, 0) is 24.8 Å². The predicted molar refractivity (Wildman–Crippen MR) is 64.4 cm³/mol. The number of nitrogens with zero attached hydrogens (tertiary/aromatic N) is 1. The highest BCUT2D eigenvalue weighted by molar-refractivity contribution is 6.07. The van der Waals surface area contributed by atoms with Crippen LogP contribution in [0.15, 0.2) is 32.9 Å². The Labute approximate surface area is 107 Å². The largest absolute Gasteiger partial charge is 0.433 e. The summed E-state index contributed by atoms with van der Waals surface area (Å²) in [5.74, 6) is 0.00780. The molecule has 0 unspecified atom stereocenters. The van der Waals surface area contributed by atoms with Gasteiger partial charge in [0.05, 0.1) is 6.54 Å². The van der Waals surface area contributed by atoms with E-state index in [1.807, 2.05) is 0 Å². The molecule has 0 saturated carbocycles. The average Bonchev–Trinajstić information content (AvgIpc) is 2.72. The molecule has 6 heteroatoms. The Morgan fingerprint density at radius 1 is 1.47 bits per heavy atom. The van der Waals surface area contributed by atoms with E-state index < -0.39 is 17.5 Å². The van der Waals surface area contributed by atoms with Crippen LogP contribution in [0.4, 0.5) is 13.2 Å². The highest BCUT2D eigenvalue weighted by atomic mass is 19.4. The second kappa shape index (κ2) is 5.03. The molecule has 0 bridgehead atoms. The van der Waals surface area contributed by atoms with Crippen LogP contribution in [-0.4, -0.2) is 11.9 Å². The lowest BCUT2D eigenvalue weighted by molar-refractivity contribution is -0.0580. The number of hydrogen-bond acceptors (Lipinski definition) is 3. The van der Waals surface area contributed by atoms with Gasteiger partial charge in [0.15, 0.2) is 5.71 Å². The van der Waals surface area contributed by atoms with Crippen LogP contribution in [0.1, 0.15) is 29.7 Å². The van der Waals surface area contributed by atoms with Crippen molar-refractivity contribution in [1.82, 2.24) is 0 Å². The van der Waals surface area contributed by atoms with Gasteiger partial charge in [0.1, 0.15) is 5.76 Å². The summed E-state index contributed by atoms with van der Waals surface area (Å²) in [4.78, 5) is 14.8. The normalized spacial score (nSPS) is 14.2. The third kappa shape index (κ3) is 2.77. The van der Waals surface area contributed by atoms with Crippen LogP contribution in [-0.2, 0) is 13.0 Å². The van der Waals surface area contributed by atoms with E-state index in [1.165, 1.54) is 0 Å². The number of rotatable bonds is 4. The summed E-state index contributed by atoms with van der Waals surface area (Å²) in [5, 5.41) is 0. The molecule has 0 saturated heterocycles. The van der Waals surface area contributed by atoms with Gasteiger partial charge in [-0.25, -0.2) is 4.79 Å². The number of aliphatic imine (C=N–C) groups is 1. The quantitative estimate of drug-likeness (QED) is 0.624. The second-order valence-corrected chi connectivity index (χ2v) is 4.23. The summed E-state index contributed by atoms with van der Waals surface area (Å²) in [6.45, 7) is 3.32. The van der Waals surface area contributed by atoms with E-state index >= 15 is 0 Å². The molecule has 0 aromatic carbocycles. The molecule has 2 heterocycles. The fourth-order valence-electron chi connectivity index (χ4n) is 2.09. The van der Waals surface area contributed by atoms with Crippen molar-refractivity contribution >= 4 is 5.71 Å². The van der Waals surface area contributed by atoms with Gasteiger partial charge in [0.2, 0.25) is 0 Å². The summed E-state index contributed by atoms with van der Waals surface area (Å²) in [6.07, 6.45) is -1.17. The van der Waals surface area contributed by atoms with Gasteiger partial charge in [-0.3, -0.25) is 4.99 Å². The van der Waals surface area contributed by atoms with Crippen LogP contribution in [0.2, 0.25) is 0 Å². The van der Waals surface area contributed by atoms with Crippen molar-refractivity contribution in [3.8, 4) is 0 Å². The summed E-state index contributed by atoms with van der Waals surface area (Å²) in [6, 6.07) is 1.12. The highest BCUT2D eigenvalue weighted by Crippen LogP contribution is 2.31. The molecule has 0 amide bonds. The van der Waals surface area contributed by atoms with Crippen molar-refractivity contribution < 1.29 is 17.6 Å². The summed E-state index contributed by atoms with van der Waals surface area (Å²) in [7, 11) is 0. The third-order valence-electron chi connectivity index (χ3n) is 2.86. The first-order chi connectivity index (χ1) is 8.93. The van der Waals surface area contributed by atoms with E-state index in [2.05, 4.69) is 11.6 Å². The Bertz CT molecular complexity index is 585. The Hall–Kier alpha value is -1.85. The topological polar surface area (TPSA) is 42.6 Å². The van der Waals surface area contributed by atoms with Gasteiger partial charge in [-0.2, -0.15) is 13.2 Å². The van der Waals surface area contributed by atoms with Gasteiger partial charge in [0.25, 0.3) is 0 Å². The predicted octanol–water partition coefficient (Wildman–Crippen LogP) is 3.01. The van der Waals surface area contributed by atoms with Crippen molar-refractivity contribution in [3.63, 3.8) is 0 Å². The second-order valence-electron chi connectivity index (χ2n) is 4.23. The van der Waals surface area contributed by atoms with Crippen molar-refractivity contribution in [1.29, 1.82) is 0 Å². The molecule has 1 aliphatic heterocycles. The number of hydrogen-bond donors (Lipinski definition) is 0. The van der Waals surface area contributed by atoms with Crippen molar-refractivity contribution in [2.24, 2.45) is 4.99 Å². The van der Waals surface area contributed by atoms with Gasteiger partial charge in [-0.1, -0.05) is 6.08 Å². The minimum Gasteiger partial charge on any atom is -0.425 e. The minimum absolute atomic E-state index is 0.00780. The zero-order chi connectivity index (χ0) is 14.0. The number of aryl methyl sites for hydroxylation is 1. The molecular weight excluding hydrogens is 259 g/mol. The first-order valence-corrected chi connectivity index (χ1v) is 5.82. The number of unbranched alkanes of at least 4 members (excludes halogenated alkanes) is 1. The van der Waals surface area contributed by atoms with Crippen LogP contribution < -0.4 is 5.63 Å². The minimum atomic E-state index is -4.53. The molecular formula is C13H12F3NO2. The molecule has 19 heavy (non-hydrogen) atoms. The van der Waals surface area contributed by atoms with Gasteiger partial charge >= 0.3 is 11.8 Å². The Morgan fingerprint density at radius 3 is 2.84 bits per heavy atom. The maximum atomic E-state index is 12.8. The number of allylic oxidation sites excluding steroid dienone is 1. The lowest BCUT2D eigenvalue weighted by Gasteiger charge is -2.11. The molecule has 102 valence electrons. The summed E-state index contributed by atoms with van der Waals surface area (Å²) in [5.41, 5.74) is -1.29. The van der Waals surface area contributed by atoms with Gasteiger partial charge < -0.3 is 4.42 Å². The fourth-order valence-corrected chi connectivity index (χ4v) is 2.09. The van der Waals surface area contributed by atoms with E-state index in [0.717, 1.165) is 6.07 Å². The van der Waals surface area contributed by atoms with E-state index in [4.69, 9.17) is 4.42 Å². The van der Waals surface area contributed by atoms with Crippen LogP contribution in [0.3, 0.4) is 0 Å². The molecule has 0 spiro atoms. The summed E-state index contributed by atoms with van der Waals surface area (Å²) < 4.78 is 43.3. The Balaban J connectivity index is 2.42. The Kier molecular flexibility index (Phi) is 3.59. The van der Waals surface area contributed by atoms with Crippen molar-refractivity contribution in [2.75, 3.05) is 0 Å². The zero-order valence-corrected chi connectivity index (χ0v) is 10.1. The van der Waals surface area contributed by atoms with Crippen molar-refractivity contribution in [3.05, 3.63) is 46.0 Å². The highest BCUT2D eigenvalue weighted by Gasteiger charge is 2.42. The number of fused-ring (bicyclic) bond motifs is 1. The first-order valence-electron chi connectivity index (χ1n) is 5.82. The maximum absolute atomic E-state index is 12.8. The molecule has 0 fully saturated rings. The monoisotopic (exact) mass is 271 g/mol. The van der Waals surface area contributed by atoms with E-state index in [0.29, 0.717) is 24.8 Å². The van der Waals surface area contributed by atoms with Crippen LogP contribution in [0, 0.1) is 0 Å². The van der Waals surface area contributed by atoms with Crippen molar-refractivity contribution in [2.45, 2.75) is 32.0 Å². The molecule has 1 aromatic rings.